The number of aromatic nitrogens is 1. The monoisotopic (exact) mass is 330 g/mol. The van der Waals surface area contributed by atoms with Gasteiger partial charge in [0.25, 0.3) is 5.91 Å². The lowest BCUT2D eigenvalue weighted by atomic mass is 9.92. The van der Waals surface area contributed by atoms with Crippen molar-refractivity contribution in [1.29, 1.82) is 0 Å². The summed E-state index contributed by atoms with van der Waals surface area (Å²) in [7, 11) is 0. The molecule has 0 spiro atoms. The van der Waals surface area contributed by atoms with Gasteiger partial charge < -0.3 is 8.94 Å². The van der Waals surface area contributed by atoms with Gasteiger partial charge in [0.05, 0.1) is 11.1 Å². The maximum absolute atomic E-state index is 13.3. The van der Waals surface area contributed by atoms with E-state index < -0.39 is 17.3 Å². The van der Waals surface area contributed by atoms with Gasteiger partial charge in [-0.3, -0.25) is 10.1 Å². The van der Waals surface area contributed by atoms with E-state index in [0.29, 0.717) is 5.69 Å². The molecule has 2 aromatic heterocycles. The minimum absolute atomic E-state index is 0.131. The zero-order valence-electron chi connectivity index (χ0n) is 13.3. The van der Waals surface area contributed by atoms with Gasteiger partial charge in [0.2, 0.25) is 5.88 Å². The van der Waals surface area contributed by atoms with Crippen LogP contribution in [0.2, 0.25) is 0 Å². The van der Waals surface area contributed by atoms with Crippen molar-refractivity contribution in [2.75, 3.05) is 5.32 Å². The first-order valence-electron chi connectivity index (χ1n) is 7.26. The van der Waals surface area contributed by atoms with Crippen molar-refractivity contribution >= 4 is 22.6 Å². The fraction of sp³-hybridized carbons (Fsp3) is 0.235. The molecule has 0 fully saturated rings. The highest BCUT2D eigenvalue weighted by atomic mass is 19.1. The van der Waals surface area contributed by atoms with Gasteiger partial charge in [-0.1, -0.05) is 25.9 Å². The van der Waals surface area contributed by atoms with Gasteiger partial charge in [0.1, 0.15) is 5.82 Å². The highest BCUT2D eigenvalue weighted by molar-refractivity contribution is 6.03. The van der Waals surface area contributed by atoms with Crippen molar-refractivity contribution in [3.8, 4) is 0 Å². The van der Waals surface area contributed by atoms with Crippen LogP contribution in [0.5, 0.6) is 0 Å². The van der Waals surface area contributed by atoms with Crippen LogP contribution in [0.3, 0.4) is 0 Å². The van der Waals surface area contributed by atoms with Crippen LogP contribution in [0, 0.1) is 5.82 Å². The molecule has 1 aromatic carbocycles. The van der Waals surface area contributed by atoms with E-state index in [9.17, 15) is 14.0 Å². The Morgan fingerprint density at radius 3 is 2.62 bits per heavy atom. The summed E-state index contributed by atoms with van der Waals surface area (Å²) in [6.07, 6.45) is 0. The Labute approximate surface area is 136 Å². The highest BCUT2D eigenvalue weighted by Gasteiger charge is 2.21. The van der Waals surface area contributed by atoms with E-state index in [2.05, 4.69) is 10.5 Å². The number of hydrogen-bond acceptors (Lipinski definition) is 5. The van der Waals surface area contributed by atoms with E-state index in [1.807, 2.05) is 20.8 Å². The van der Waals surface area contributed by atoms with Crippen LogP contribution in [0.4, 0.5) is 10.3 Å². The average molecular weight is 330 g/mol. The van der Waals surface area contributed by atoms with Gasteiger partial charge in [-0.05, 0) is 29.7 Å². The standard InChI is InChI=1S/C17H15FN2O4/c1-17(2,3)13-8-14(24-20-13)19-15(21)12-7-9-6-10(18)4-5-11(9)16(22)23-12/h4-8H,1-3H3,(H,19,21). The number of anilines is 1. The largest absolute Gasteiger partial charge is 0.417 e. The molecule has 0 radical (unpaired) electrons. The van der Waals surface area contributed by atoms with Crippen LogP contribution in [0.1, 0.15) is 37.0 Å². The number of rotatable bonds is 2. The number of carbonyl (C=O) groups excluding carboxylic acids is 1. The second-order valence-corrected chi connectivity index (χ2v) is 6.41. The lowest BCUT2D eigenvalue weighted by Crippen LogP contribution is -2.15. The number of carbonyl (C=O) groups is 1. The van der Waals surface area contributed by atoms with Crippen LogP contribution in [-0.4, -0.2) is 11.1 Å². The van der Waals surface area contributed by atoms with Crippen LogP contribution in [0.25, 0.3) is 10.8 Å². The number of amides is 1. The first kappa shape index (κ1) is 15.9. The quantitative estimate of drug-likeness (QED) is 0.777. The Balaban J connectivity index is 1.91. The minimum Gasteiger partial charge on any atom is -0.417 e. The Morgan fingerprint density at radius 1 is 1.21 bits per heavy atom. The summed E-state index contributed by atoms with van der Waals surface area (Å²) < 4.78 is 23.4. The molecule has 0 aliphatic carbocycles. The number of nitrogens with zero attached hydrogens (tertiary/aromatic N) is 1. The van der Waals surface area contributed by atoms with Gasteiger partial charge in [0.15, 0.2) is 5.76 Å². The molecule has 1 N–H and O–H groups in total. The SMILES string of the molecule is CC(C)(C)c1cc(NC(=O)c2cc3cc(F)ccc3c(=O)o2)on1. The first-order chi connectivity index (χ1) is 11.2. The Morgan fingerprint density at radius 2 is 1.96 bits per heavy atom. The molecule has 0 saturated heterocycles. The van der Waals surface area contributed by atoms with Crippen LogP contribution < -0.4 is 10.9 Å². The second-order valence-electron chi connectivity index (χ2n) is 6.41. The summed E-state index contributed by atoms with van der Waals surface area (Å²) in [5.41, 5.74) is -0.287. The molecule has 2 heterocycles. The van der Waals surface area contributed by atoms with E-state index in [-0.39, 0.29) is 27.8 Å². The van der Waals surface area contributed by atoms with Crippen molar-refractivity contribution in [3.63, 3.8) is 0 Å². The summed E-state index contributed by atoms with van der Waals surface area (Å²) in [6.45, 7) is 5.86. The molecule has 0 atom stereocenters. The molecule has 0 unspecified atom stereocenters. The molecule has 124 valence electrons. The van der Waals surface area contributed by atoms with E-state index >= 15 is 0 Å². The molecule has 3 rings (SSSR count). The predicted octanol–water partition coefficient (Wildman–Crippen LogP) is 3.47. The van der Waals surface area contributed by atoms with Crippen molar-refractivity contribution in [2.24, 2.45) is 0 Å². The molecular weight excluding hydrogens is 315 g/mol. The van der Waals surface area contributed by atoms with Crippen molar-refractivity contribution < 1.29 is 18.1 Å². The lowest BCUT2D eigenvalue weighted by molar-refractivity contribution is 0.0990. The molecule has 3 aromatic rings. The number of benzene rings is 1. The van der Waals surface area contributed by atoms with Crippen molar-refractivity contribution in [3.05, 3.63) is 58.0 Å². The Hall–Kier alpha value is -2.96. The zero-order chi connectivity index (χ0) is 17.5. The van der Waals surface area contributed by atoms with Gasteiger partial charge >= 0.3 is 5.63 Å². The van der Waals surface area contributed by atoms with Crippen LogP contribution >= 0.6 is 0 Å². The van der Waals surface area contributed by atoms with Crippen LogP contribution in [0.15, 0.2) is 44.1 Å². The molecule has 0 bridgehead atoms. The summed E-state index contributed by atoms with van der Waals surface area (Å²) in [5.74, 6) is -1.31. The summed E-state index contributed by atoms with van der Waals surface area (Å²) in [6, 6.07) is 6.52. The third-order valence-corrected chi connectivity index (χ3v) is 3.46. The molecule has 0 saturated carbocycles. The predicted molar refractivity (Wildman–Crippen MR) is 85.6 cm³/mol. The van der Waals surface area contributed by atoms with E-state index in [4.69, 9.17) is 8.94 Å². The first-order valence-corrected chi connectivity index (χ1v) is 7.26. The zero-order valence-corrected chi connectivity index (χ0v) is 13.3. The summed E-state index contributed by atoms with van der Waals surface area (Å²) >= 11 is 0. The fourth-order valence-electron chi connectivity index (χ4n) is 2.14. The normalized spacial score (nSPS) is 11.7. The summed E-state index contributed by atoms with van der Waals surface area (Å²) in [5, 5.41) is 6.82. The fourth-order valence-corrected chi connectivity index (χ4v) is 2.14. The molecule has 7 heteroatoms. The van der Waals surface area contributed by atoms with Gasteiger partial charge in [-0.2, -0.15) is 0 Å². The third-order valence-electron chi connectivity index (χ3n) is 3.46. The third kappa shape index (κ3) is 3.05. The van der Waals surface area contributed by atoms with E-state index in [1.54, 1.807) is 6.07 Å². The number of fused-ring (bicyclic) bond motifs is 1. The van der Waals surface area contributed by atoms with Gasteiger partial charge in [-0.15, -0.1) is 0 Å². The Bertz CT molecular complexity index is 982. The number of hydrogen-bond donors (Lipinski definition) is 1. The Kier molecular flexibility index (Phi) is 3.71. The average Bonchev–Trinajstić information content (AvgIpc) is 2.95. The minimum atomic E-state index is -0.717. The van der Waals surface area contributed by atoms with Gasteiger partial charge in [0, 0.05) is 11.5 Å². The van der Waals surface area contributed by atoms with Crippen LogP contribution in [-0.2, 0) is 5.41 Å². The maximum Gasteiger partial charge on any atom is 0.344 e. The molecule has 1 amide bonds. The smallest absolute Gasteiger partial charge is 0.344 e. The molecular formula is C17H15FN2O4. The van der Waals surface area contributed by atoms with Crippen molar-refractivity contribution in [2.45, 2.75) is 26.2 Å². The summed E-state index contributed by atoms with van der Waals surface area (Å²) in [4.78, 5) is 24.1. The second kappa shape index (κ2) is 5.59. The number of nitrogens with one attached hydrogen (secondary N) is 1. The van der Waals surface area contributed by atoms with E-state index in [1.165, 1.54) is 12.1 Å². The molecule has 0 aliphatic heterocycles. The highest BCUT2D eigenvalue weighted by Crippen LogP contribution is 2.24. The topological polar surface area (TPSA) is 85.3 Å². The number of halogens is 1. The van der Waals surface area contributed by atoms with Crippen molar-refractivity contribution in [1.82, 2.24) is 5.16 Å². The van der Waals surface area contributed by atoms with E-state index in [0.717, 1.165) is 12.1 Å². The van der Waals surface area contributed by atoms with Gasteiger partial charge in [-0.25, -0.2) is 9.18 Å². The molecule has 6 nitrogen and oxygen atoms in total. The molecule has 0 aliphatic rings. The maximum atomic E-state index is 13.3. The molecule has 24 heavy (non-hydrogen) atoms. The lowest BCUT2D eigenvalue weighted by Gasteiger charge is -2.12.